The second kappa shape index (κ2) is 7.49. The van der Waals surface area contributed by atoms with Crippen LogP contribution in [0.4, 0.5) is 5.69 Å². The molecule has 0 saturated heterocycles. The molecule has 2 aromatic rings. The summed E-state index contributed by atoms with van der Waals surface area (Å²) in [5.41, 5.74) is 2.39. The van der Waals surface area contributed by atoms with Gasteiger partial charge in [-0.15, -0.1) is 0 Å². The van der Waals surface area contributed by atoms with Crippen molar-refractivity contribution in [1.82, 2.24) is 0 Å². The summed E-state index contributed by atoms with van der Waals surface area (Å²) in [7, 11) is 0. The van der Waals surface area contributed by atoms with E-state index < -0.39 is 6.04 Å². The summed E-state index contributed by atoms with van der Waals surface area (Å²) in [5, 5.41) is 9.36. The van der Waals surface area contributed by atoms with Crippen LogP contribution in [-0.2, 0) is 9.59 Å². The van der Waals surface area contributed by atoms with Gasteiger partial charge >= 0.3 is 5.97 Å². The third-order valence-electron chi connectivity index (χ3n) is 3.86. The number of para-hydroxylation sites is 1. The number of benzene rings is 2. The molecule has 0 fully saturated rings. The molecule has 0 aliphatic carbocycles. The fourth-order valence-corrected chi connectivity index (χ4v) is 2.70. The molecule has 1 amide bonds. The Balaban J connectivity index is 1.80. The molecule has 5 nitrogen and oxygen atoms in total. The molecule has 128 valence electrons. The van der Waals surface area contributed by atoms with E-state index >= 15 is 0 Å². The number of carbonyl (C=O) groups excluding carboxylic acids is 2. The van der Waals surface area contributed by atoms with Gasteiger partial charge in [-0.05, 0) is 41.5 Å². The first kappa shape index (κ1) is 17.2. The van der Waals surface area contributed by atoms with E-state index in [1.54, 1.807) is 36.4 Å². The van der Waals surface area contributed by atoms with Gasteiger partial charge in [0.05, 0.1) is 11.8 Å². The summed E-state index contributed by atoms with van der Waals surface area (Å²) >= 11 is 0. The van der Waals surface area contributed by atoms with Crippen molar-refractivity contribution in [3.05, 3.63) is 71.8 Å². The van der Waals surface area contributed by atoms with E-state index in [1.165, 1.54) is 17.9 Å². The van der Waals surface area contributed by atoms with Gasteiger partial charge in [0.1, 0.15) is 11.8 Å². The number of fused-ring (bicyclic) bond motifs is 1. The van der Waals surface area contributed by atoms with Crippen molar-refractivity contribution in [2.75, 3.05) is 4.90 Å². The fraction of sp³-hybridized carbons (Fsp3) is 0.0952. The van der Waals surface area contributed by atoms with Crippen LogP contribution in [0.1, 0.15) is 18.1 Å². The molecule has 0 bridgehead atoms. The predicted octanol–water partition coefficient (Wildman–Crippen LogP) is 3.58. The van der Waals surface area contributed by atoms with Crippen LogP contribution in [0.15, 0.2) is 60.7 Å². The Morgan fingerprint density at radius 2 is 1.88 bits per heavy atom. The standard InChI is InChI=1S/C21H16N2O3/c1-15(24)26-19-11-6-16(7-12-19)8-13-21(25)23-18(14-22)10-9-17-4-2-3-5-20(17)23/h2-13,18H,1H3. The minimum Gasteiger partial charge on any atom is -0.427 e. The molecule has 5 heteroatoms. The normalized spacial score (nSPS) is 15.4. The maximum atomic E-state index is 12.7. The Labute approximate surface area is 151 Å². The minimum absolute atomic E-state index is 0.280. The topological polar surface area (TPSA) is 70.4 Å². The SMILES string of the molecule is CC(=O)Oc1ccc(C=CC(=O)N2c3ccccc3C=CC2C#N)cc1. The number of anilines is 1. The number of hydrogen-bond acceptors (Lipinski definition) is 4. The van der Waals surface area contributed by atoms with Crippen molar-refractivity contribution in [3.63, 3.8) is 0 Å². The fourth-order valence-electron chi connectivity index (χ4n) is 2.70. The van der Waals surface area contributed by atoms with Gasteiger partial charge in [-0.1, -0.05) is 36.4 Å². The second-order valence-electron chi connectivity index (χ2n) is 5.70. The highest BCUT2D eigenvalue weighted by atomic mass is 16.5. The van der Waals surface area contributed by atoms with E-state index in [0.717, 1.165) is 11.1 Å². The third-order valence-corrected chi connectivity index (χ3v) is 3.86. The average molecular weight is 344 g/mol. The van der Waals surface area contributed by atoms with Crippen LogP contribution in [0.25, 0.3) is 12.2 Å². The number of esters is 1. The van der Waals surface area contributed by atoms with Crippen LogP contribution in [0.3, 0.4) is 0 Å². The average Bonchev–Trinajstić information content (AvgIpc) is 2.65. The van der Waals surface area contributed by atoms with Gasteiger partial charge in [0.15, 0.2) is 0 Å². The number of rotatable bonds is 3. The highest BCUT2D eigenvalue weighted by Gasteiger charge is 2.26. The molecule has 0 spiro atoms. The third kappa shape index (κ3) is 3.70. The number of nitriles is 1. The summed E-state index contributed by atoms with van der Waals surface area (Å²) < 4.78 is 4.98. The van der Waals surface area contributed by atoms with Crippen LogP contribution < -0.4 is 9.64 Å². The first-order chi connectivity index (χ1) is 12.6. The lowest BCUT2D eigenvalue weighted by molar-refractivity contribution is -0.131. The molecule has 1 aliphatic heterocycles. The molecule has 26 heavy (non-hydrogen) atoms. The van der Waals surface area contributed by atoms with Crippen molar-refractivity contribution in [2.24, 2.45) is 0 Å². The molecule has 1 unspecified atom stereocenters. The predicted molar refractivity (Wildman–Crippen MR) is 99.1 cm³/mol. The van der Waals surface area contributed by atoms with Gasteiger partial charge in [0, 0.05) is 13.0 Å². The molecule has 3 rings (SSSR count). The summed E-state index contributed by atoms with van der Waals surface area (Å²) in [6, 6.07) is 15.7. The quantitative estimate of drug-likeness (QED) is 0.485. The first-order valence-corrected chi connectivity index (χ1v) is 8.05. The van der Waals surface area contributed by atoms with Gasteiger partial charge in [0.25, 0.3) is 5.91 Å². The van der Waals surface area contributed by atoms with Crippen molar-refractivity contribution in [2.45, 2.75) is 13.0 Å². The Morgan fingerprint density at radius 1 is 1.15 bits per heavy atom. The zero-order valence-corrected chi connectivity index (χ0v) is 14.1. The van der Waals surface area contributed by atoms with E-state index in [2.05, 4.69) is 6.07 Å². The molecule has 0 aromatic heterocycles. The van der Waals surface area contributed by atoms with Crippen molar-refractivity contribution in [3.8, 4) is 11.8 Å². The van der Waals surface area contributed by atoms with Crippen LogP contribution in [0.5, 0.6) is 5.75 Å². The van der Waals surface area contributed by atoms with E-state index in [1.807, 2.05) is 30.3 Å². The second-order valence-corrected chi connectivity index (χ2v) is 5.70. The van der Waals surface area contributed by atoms with Crippen LogP contribution >= 0.6 is 0 Å². The molecule has 0 N–H and O–H groups in total. The number of carbonyl (C=O) groups is 2. The van der Waals surface area contributed by atoms with Gasteiger partial charge in [-0.2, -0.15) is 5.26 Å². The molecular formula is C21H16N2O3. The van der Waals surface area contributed by atoms with Crippen LogP contribution in [-0.4, -0.2) is 17.9 Å². The summed E-state index contributed by atoms with van der Waals surface area (Å²) in [5.74, 6) is -0.221. The maximum Gasteiger partial charge on any atom is 0.308 e. The Kier molecular flexibility index (Phi) is 4.95. The Hall–Kier alpha value is -3.65. The minimum atomic E-state index is -0.645. The lowest BCUT2D eigenvalue weighted by Crippen LogP contribution is -2.39. The lowest BCUT2D eigenvalue weighted by atomic mass is 10.0. The molecule has 2 aromatic carbocycles. The highest BCUT2D eigenvalue weighted by molar-refractivity contribution is 6.06. The molecule has 0 radical (unpaired) electrons. The first-order valence-electron chi connectivity index (χ1n) is 8.05. The van der Waals surface area contributed by atoms with Gasteiger partial charge in [-0.25, -0.2) is 0 Å². The monoisotopic (exact) mass is 344 g/mol. The van der Waals surface area contributed by atoms with E-state index in [4.69, 9.17) is 4.74 Å². The Bertz CT molecular complexity index is 936. The highest BCUT2D eigenvalue weighted by Crippen LogP contribution is 2.29. The van der Waals surface area contributed by atoms with E-state index in [-0.39, 0.29) is 11.9 Å². The number of hydrogen-bond donors (Lipinski definition) is 0. The maximum absolute atomic E-state index is 12.7. The van der Waals surface area contributed by atoms with E-state index in [0.29, 0.717) is 11.4 Å². The van der Waals surface area contributed by atoms with Crippen LogP contribution in [0.2, 0.25) is 0 Å². The summed E-state index contributed by atoms with van der Waals surface area (Å²) in [6.07, 6.45) is 6.66. The summed E-state index contributed by atoms with van der Waals surface area (Å²) in [6.45, 7) is 1.34. The molecule has 1 aliphatic rings. The molecule has 0 saturated carbocycles. The smallest absolute Gasteiger partial charge is 0.308 e. The molecule has 1 heterocycles. The van der Waals surface area contributed by atoms with Gasteiger partial charge in [0.2, 0.25) is 0 Å². The van der Waals surface area contributed by atoms with Crippen molar-refractivity contribution >= 4 is 29.7 Å². The van der Waals surface area contributed by atoms with Gasteiger partial charge in [-0.3, -0.25) is 14.5 Å². The molecule has 1 atom stereocenters. The van der Waals surface area contributed by atoms with Crippen molar-refractivity contribution < 1.29 is 14.3 Å². The largest absolute Gasteiger partial charge is 0.427 e. The Morgan fingerprint density at radius 3 is 2.58 bits per heavy atom. The number of nitrogens with zero attached hydrogens (tertiary/aromatic N) is 2. The van der Waals surface area contributed by atoms with E-state index in [9.17, 15) is 14.9 Å². The zero-order valence-electron chi connectivity index (χ0n) is 14.1. The molecular weight excluding hydrogens is 328 g/mol. The zero-order chi connectivity index (χ0) is 18.5. The number of ether oxygens (including phenoxy) is 1. The lowest BCUT2D eigenvalue weighted by Gasteiger charge is -2.29. The van der Waals surface area contributed by atoms with Gasteiger partial charge < -0.3 is 4.74 Å². The van der Waals surface area contributed by atoms with Crippen LogP contribution in [0, 0.1) is 11.3 Å². The van der Waals surface area contributed by atoms with Crippen molar-refractivity contribution in [1.29, 1.82) is 5.26 Å². The summed E-state index contributed by atoms with van der Waals surface area (Å²) in [4.78, 5) is 25.1. The number of amides is 1.